The number of benzene rings is 2. The Labute approximate surface area is 132 Å². The van der Waals surface area contributed by atoms with Crippen molar-refractivity contribution in [3.8, 4) is 5.75 Å². The lowest BCUT2D eigenvalue weighted by Gasteiger charge is -2.12. The van der Waals surface area contributed by atoms with Crippen molar-refractivity contribution in [2.45, 2.75) is 11.4 Å². The lowest BCUT2D eigenvalue weighted by Crippen LogP contribution is -2.13. The Kier molecular flexibility index (Phi) is 5.36. The van der Waals surface area contributed by atoms with Crippen LogP contribution in [0.2, 0.25) is 5.02 Å². The molecule has 0 fully saturated rings. The van der Waals surface area contributed by atoms with Crippen LogP contribution in [0.5, 0.6) is 5.75 Å². The molecule has 0 atom stereocenters. The number of para-hydroxylation sites is 1. The number of carbonyl (C=O) groups is 1. The number of rotatable bonds is 6. The third-order valence-electron chi connectivity index (χ3n) is 2.77. The highest BCUT2D eigenvalue weighted by atomic mass is 35.5. The Hall–Kier alpha value is -1.85. The number of halogens is 1. The summed E-state index contributed by atoms with van der Waals surface area (Å²) >= 11 is 7.29. The minimum absolute atomic E-state index is 0.189. The van der Waals surface area contributed by atoms with Gasteiger partial charge >= 0.3 is 0 Å². The van der Waals surface area contributed by atoms with Gasteiger partial charge in [0.1, 0.15) is 5.75 Å². The standard InChI is InChI=1S/C15H15ClN2O2S/c16-11-5-6-13(19)10(7-11)8-18-12-3-1-2-4-14(12)21-9-15(17)20/h1-7,18-19H,8-9H2,(H2,17,20). The molecule has 2 aromatic carbocycles. The van der Waals surface area contributed by atoms with Crippen LogP contribution in [0.3, 0.4) is 0 Å². The summed E-state index contributed by atoms with van der Waals surface area (Å²) in [6.45, 7) is 0.431. The molecule has 0 aliphatic heterocycles. The van der Waals surface area contributed by atoms with Gasteiger partial charge in [-0.1, -0.05) is 23.7 Å². The van der Waals surface area contributed by atoms with Gasteiger partial charge in [-0.2, -0.15) is 0 Å². The zero-order valence-electron chi connectivity index (χ0n) is 11.2. The second-order valence-corrected chi connectivity index (χ2v) is 5.83. The first-order valence-corrected chi connectivity index (χ1v) is 7.64. The molecule has 110 valence electrons. The van der Waals surface area contributed by atoms with E-state index in [1.807, 2.05) is 24.3 Å². The van der Waals surface area contributed by atoms with E-state index < -0.39 is 0 Å². The molecule has 0 aliphatic rings. The van der Waals surface area contributed by atoms with Gasteiger partial charge in [0, 0.05) is 27.7 Å². The van der Waals surface area contributed by atoms with Crippen LogP contribution in [0, 0.1) is 0 Å². The fourth-order valence-corrected chi connectivity index (χ4v) is 2.74. The van der Waals surface area contributed by atoms with E-state index >= 15 is 0 Å². The molecule has 0 saturated carbocycles. The first-order valence-electron chi connectivity index (χ1n) is 6.27. The topological polar surface area (TPSA) is 75.4 Å². The van der Waals surface area contributed by atoms with E-state index in [9.17, 15) is 9.90 Å². The predicted octanol–water partition coefficient (Wildman–Crippen LogP) is 3.24. The van der Waals surface area contributed by atoms with Crippen LogP contribution >= 0.6 is 23.4 Å². The van der Waals surface area contributed by atoms with Crippen LogP contribution < -0.4 is 11.1 Å². The molecule has 4 N–H and O–H groups in total. The van der Waals surface area contributed by atoms with Gasteiger partial charge < -0.3 is 16.2 Å². The fourth-order valence-electron chi connectivity index (χ4n) is 1.77. The minimum atomic E-state index is -0.359. The van der Waals surface area contributed by atoms with Crippen LogP contribution in [-0.2, 0) is 11.3 Å². The quantitative estimate of drug-likeness (QED) is 0.714. The molecule has 4 nitrogen and oxygen atoms in total. The highest BCUT2D eigenvalue weighted by molar-refractivity contribution is 8.00. The minimum Gasteiger partial charge on any atom is -0.508 e. The van der Waals surface area contributed by atoms with Gasteiger partial charge in [0.2, 0.25) is 5.91 Å². The zero-order valence-corrected chi connectivity index (χ0v) is 12.7. The van der Waals surface area contributed by atoms with Crippen molar-refractivity contribution in [1.82, 2.24) is 0 Å². The maximum absolute atomic E-state index is 10.9. The highest BCUT2D eigenvalue weighted by Crippen LogP contribution is 2.28. The summed E-state index contributed by atoms with van der Waals surface area (Å²) < 4.78 is 0. The van der Waals surface area contributed by atoms with E-state index in [-0.39, 0.29) is 17.4 Å². The van der Waals surface area contributed by atoms with Gasteiger partial charge in [0.05, 0.1) is 5.75 Å². The molecule has 0 aliphatic carbocycles. The number of aromatic hydroxyl groups is 1. The summed E-state index contributed by atoms with van der Waals surface area (Å²) in [5, 5.41) is 13.6. The van der Waals surface area contributed by atoms with Gasteiger partial charge in [-0.3, -0.25) is 4.79 Å². The van der Waals surface area contributed by atoms with Crippen LogP contribution in [0.4, 0.5) is 5.69 Å². The molecule has 0 bridgehead atoms. The van der Waals surface area contributed by atoms with E-state index in [1.165, 1.54) is 11.8 Å². The van der Waals surface area contributed by atoms with Crippen LogP contribution in [0.25, 0.3) is 0 Å². The summed E-state index contributed by atoms with van der Waals surface area (Å²) in [6, 6.07) is 12.5. The molecule has 0 radical (unpaired) electrons. The van der Waals surface area contributed by atoms with E-state index in [1.54, 1.807) is 18.2 Å². The molecule has 6 heteroatoms. The molecular weight excluding hydrogens is 308 g/mol. The third-order valence-corrected chi connectivity index (χ3v) is 4.10. The van der Waals surface area contributed by atoms with Crippen molar-refractivity contribution >= 4 is 35.0 Å². The van der Waals surface area contributed by atoms with Crippen LogP contribution in [0.15, 0.2) is 47.4 Å². The largest absolute Gasteiger partial charge is 0.508 e. The summed E-state index contributed by atoms with van der Waals surface area (Å²) in [4.78, 5) is 11.8. The lowest BCUT2D eigenvalue weighted by molar-refractivity contribution is -0.115. The number of amides is 1. The Morgan fingerprint density at radius 3 is 2.81 bits per heavy atom. The average molecular weight is 323 g/mol. The number of nitrogens with two attached hydrogens (primary N) is 1. The number of nitrogens with one attached hydrogen (secondary N) is 1. The lowest BCUT2D eigenvalue weighted by atomic mass is 10.2. The normalized spacial score (nSPS) is 10.3. The van der Waals surface area contributed by atoms with Crippen molar-refractivity contribution in [3.63, 3.8) is 0 Å². The van der Waals surface area contributed by atoms with Crippen molar-refractivity contribution in [3.05, 3.63) is 53.1 Å². The Morgan fingerprint density at radius 1 is 1.29 bits per heavy atom. The molecule has 2 rings (SSSR count). The number of phenolic OH excluding ortho intramolecular Hbond substituents is 1. The van der Waals surface area contributed by atoms with E-state index in [0.717, 1.165) is 10.6 Å². The van der Waals surface area contributed by atoms with Gasteiger partial charge in [-0.25, -0.2) is 0 Å². The van der Waals surface area contributed by atoms with E-state index in [4.69, 9.17) is 17.3 Å². The summed E-state index contributed by atoms with van der Waals surface area (Å²) in [7, 11) is 0. The molecule has 2 aromatic rings. The maximum Gasteiger partial charge on any atom is 0.227 e. The molecule has 0 spiro atoms. The van der Waals surface area contributed by atoms with Gasteiger partial charge in [-0.05, 0) is 30.3 Å². The first-order chi connectivity index (χ1) is 10.1. The van der Waals surface area contributed by atoms with Crippen molar-refractivity contribution in [1.29, 1.82) is 0 Å². The number of primary amides is 1. The number of carbonyl (C=O) groups excluding carboxylic acids is 1. The van der Waals surface area contributed by atoms with Gasteiger partial charge in [-0.15, -0.1) is 11.8 Å². The maximum atomic E-state index is 10.9. The second kappa shape index (κ2) is 7.24. The van der Waals surface area contributed by atoms with Crippen molar-refractivity contribution < 1.29 is 9.90 Å². The molecule has 0 saturated heterocycles. The Morgan fingerprint density at radius 2 is 2.05 bits per heavy atom. The monoisotopic (exact) mass is 322 g/mol. The summed E-state index contributed by atoms with van der Waals surface area (Å²) in [5.74, 6) is 0.0534. The number of hydrogen-bond donors (Lipinski definition) is 3. The second-order valence-electron chi connectivity index (χ2n) is 4.38. The molecule has 0 aromatic heterocycles. The van der Waals surface area contributed by atoms with E-state index in [0.29, 0.717) is 17.1 Å². The first kappa shape index (κ1) is 15.5. The molecule has 1 amide bonds. The summed E-state index contributed by atoms with van der Waals surface area (Å²) in [6.07, 6.45) is 0. The molecular formula is C15H15ClN2O2S. The predicted molar refractivity (Wildman–Crippen MR) is 86.8 cm³/mol. The van der Waals surface area contributed by atoms with Crippen molar-refractivity contribution in [2.24, 2.45) is 5.73 Å². The van der Waals surface area contributed by atoms with E-state index in [2.05, 4.69) is 5.32 Å². The van der Waals surface area contributed by atoms with Crippen molar-refractivity contribution in [2.75, 3.05) is 11.1 Å². The van der Waals surface area contributed by atoms with Crippen LogP contribution in [0.1, 0.15) is 5.56 Å². The Bertz CT molecular complexity index is 649. The van der Waals surface area contributed by atoms with Crippen LogP contribution in [-0.4, -0.2) is 16.8 Å². The zero-order chi connectivity index (χ0) is 15.2. The summed E-state index contributed by atoms with van der Waals surface area (Å²) in [5.41, 5.74) is 6.75. The number of anilines is 1. The number of hydrogen-bond acceptors (Lipinski definition) is 4. The highest BCUT2D eigenvalue weighted by Gasteiger charge is 2.06. The third kappa shape index (κ3) is 4.58. The molecule has 0 unspecified atom stereocenters. The average Bonchev–Trinajstić information content (AvgIpc) is 2.47. The molecule has 0 heterocycles. The van der Waals surface area contributed by atoms with Gasteiger partial charge in [0.25, 0.3) is 0 Å². The number of phenols is 1. The Balaban J connectivity index is 2.09. The fraction of sp³-hybridized carbons (Fsp3) is 0.133. The SMILES string of the molecule is NC(=O)CSc1ccccc1NCc1cc(Cl)ccc1O. The number of thioether (sulfide) groups is 1. The smallest absolute Gasteiger partial charge is 0.227 e. The van der Waals surface area contributed by atoms with Gasteiger partial charge in [0.15, 0.2) is 0 Å². The molecule has 21 heavy (non-hydrogen) atoms.